The fraction of sp³-hybridized carbons (Fsp3) is 0.300. The zero-order chi connectivity index (χ0) is 20.2. The number of hydrogen-bond acceptors (Lipinski definition) is 4. The van der Waals surface area contributed by atoms with Crippen molar-refractivity contribution in [1.29, 1.82) is 0 Å². The van der Waals surface area contributed by atoms with E-state index in [9.17, 15) is 0 Å². The summed E-state index contributed by atoms with van der Waals surface area (Å²) in [5.41, 5.74) is 3.42. The van der Waals surface area contributed by atoms with Gasteiger partial charge in [-0.25, -0.2) is 10.1 Å². The molecule has 0 fully saturated rings. The molecule has 0 saturated heterocycles. The molecule has 150 valence electrons. The maximum Gasteiger partial charge on any atom is 0.196 e. The van der Waals surface area contributed by atoms with Crippen LogP contribution in [0.1, 0.15) is 36.7 Å². The van der Waals surface area contributed by atoms with Crippen LogP contribution in [0.15, 0.2) is 51.8 Å². The molecule has 29 heavy (non-hydrogen) atoms. The molecule has 1 aromatic carbocycles. The van der Waals surface area contributed by atoms with Crippen molar-refractivity contribution < 1.29 is 0 Å². The third-order valence-electron chi connectivity index (χ3n) is 4.83. The van der Waals surface area contributed by atoms with Gasteiger partial charge in [-0.2, -0.15) is 0 Å². The molecule has 3 aromatic heterocycles. The van der Waals surface area contributed by atoms with Gasteiger partial charge in [0, 0.05) is 25.7 Å². The van der Waals surface area contributed by atoms with Gasteiger partial charge in [0.2, 0.25) is 0 Å². The van der Waals surface area contributed by atoms with E-state index in [-0.39, 0.29) is 0 Å². The number of aromatic nitrogens is 7. The molecule has 0 unspecified atom stereocenters. The van der Waals surface area contributed by atoms with Gasteiger partial charge in [-0.05, 0) is 72.0 Å². The molecule has 4 aromatic rings. The number of nitrogens with zero attached hydrogens (tertiary/aromatic N) is 6. The van der Waals surface area contributed by atoms with Gasteiger partial charge < -0.3 is 9.13 Å². The van der Waals surface area contributed by atoms with Crippen molar-refractivity contribution in [3.63, 3.8) is 0 Å². The number of aromatic amines is 1. The minimum absolute atomic E-state index is 0.668. The van der Waals surface area contributed by atoms with Crippen LogP contribution in [0, 0.1) is 0 Å². The molecule has 7 nitrogen and oxygen atoms in total. The first-order valence-electron chi connectivity index (χ1n) is 9.53. The molecule has 1 N–H and O–H groups in total. The number of unbranched alkanes of at least 4 members (excludes halogenated alkanes) is 1. The molecule has 0 atom stereocenters. The summed E-state index contributed by atoms with van der Waals surface area (Å²) in [6.45, 7) is 3.74. The van der Waals surface area contributed by atoms with Crippen LogP contribution in [0.4, 0.5) is 0 Å². The minimum Gasteiger partial charge on any atom is -0.340 e. The van der Waals surface area contributed by atoms with Crippen LogP contribution in [-0.4, -0.2) is 34.7 Å². The van der Waals surface area contributed by atoms with Gasteiger partial charge in [0.25, 0.3) is 0 Å². The van der Waals surface area contributed by atoms with Gasteiger partial charge in [-0.3, -0.25) is 0 Å². The van der Waals surface area contributed by atoms with E-state index < -0.39 is 0 Å². The number of hydrogen-bond donors (Lipinski definition) is 1. The van der Waals surface area contributed by atoms with Gasteiger partial charge in [0.15, 0.2) is 5.82 Å². The van der Waals surface area contributed by atoms with Crippen LogP contribution in [0.2, 0.25) is 0 Å². The van der Waals surface area contributed by atoms with Gasteiger partial charge in [-0.15, -0.1) is 5.10 Å². The lowest BCUT2D eigenvalue weighted by molar-refractivity contribution is 0.670. The molecule has 0 aliphatic rings. The highest BCUT2D eigenvalue weighted by molar-refractivity contribution is 9.13. The average Bonchev–Trinajstić information content (AvgIpc) is 3.46. The number of aryl methyl sites for hydroxylation is 1. The Bertz CT molecular complexity index is 1070. The van der Waals surface area contributed by atoms with E-state index in [1.165, 1.54) is 11.1 Å². The summed E-state index contributed by atoms with van der Waals surface area (Å²) in [5.74, 6) is 1.77. The van der Waals surface area contributed by atoms with E-state index in [2.05, 4.69) is 97.8 Å². The van der Waals surface area contributed by atoms with Crippen molar-refractivity contribution in [2.24, 2.45) is 0 Å². The largest absolute Gasteiger partial charge is 0.340 e. The Hall–Kier alpha value is -2.26. The highest BCUT2D eigenvalue weighted by atomic mass is 79.9. The molecular formula is C20H21Br2N7. The summed E-state index contributed by atoms with van der Waals surface area (Å²) in [6, 6.07) is 12.7. The number of rotatable bonds is 8. The highest BCUT2D eigenvalue weighted by Gasteiger charge is 2.13. The number of nitrogens with one attached hydrogen (secondary N) is 1. The number of imidazole rings is 1. The van der Waals surface area contributed by atoms with Gasteiger partial charge in [0.1, 0.15) is 15.0 Å². The van der Waals surface area contributed by atoms with Crippen LogP contribution < -0.4 is 0 Å². The monoisotopic (exact) mass is 517 g/mol. The van der Waals surface area contributed by atoms with Crippen LogP contribution in [0.5, 0.6) is 0 Å². The van der Waals surface area contributed by atoms with Crippen LogP contribution in [0.25, 0.3) is 11.5 Å². The second-order valence-electron chi connectivity index (χ2n) is 6.89. The Labute approximate surface area is 185 Å². The van der Waals surface area contributed by atoms with E-state index in [1.54, 1.807) is 0 Å². The Balaban J connectivity index is 1.49. The lowest BCUT2D eigenvalue weighted by Gasteiger charge is -2.11. The normalized spacial score (nSPS) is 11.3. The van der Waals surface area contributed by atoms with Crippen LogP contribution in [-0.2, 0) is 19.5 Å². The molecule has 0 aliphatic heterocycles. The van der Waals surface area contributed by atoms with Crippen molar-refractivity contribution >= 4 is 31.9 Å². The maximum absolute atomic E-state index is 4.66. The zero-order valence-electron chi connectivity index (χ0n) is 16.0. The Kier molecular flexibility index (Phi) is 6.25. The number of H-pyrrole nitrogens is 1. The highest BCUT2D eigenvalue weighted by Crippen LogP contribution is 2.26. The molecule has 9 heteroatoms. The number of tetrazole rings is 1. The van der Waals surface area contributed by atoms with Crippen molar-refractivity contribution in [1.82, 2.24) is 34.7 Å². The summed E-state index contributed by atoms with van der Waals surface area (Å²) in [5, 5.41) is 14.2. The van der Waals surface area contributed by atoms with Crippen LogP contribution in [0.3, 0.4) is 0 Å². The molecule has 3 heterocycles. The first-order chi connectivity index (χ1) is 14.2. The van der Waals surface area contributed by atoms with E-state index in [1.807, 2.05) is 18.3 Å². The Morgan fingerprint density at radius 3 is 2.48 bits per heavy atom. The second kappa shape index (κ2) is 9.04. The lowest BCUT2D eigenvalue weighted by atomic mass is 10.1. The van der Waals surface area contributed by atoms with E-state index in [0.717, 1.165) is 53.1 Å². The fourth-order valence-electron chi connectivity index (χ4n) is 3.29. The maximum atomic E-state index is 4.66. The van der Waals surface area contributed by atoms with Crippen LogP contribution >= 0.6 is 31.9 Å². The SMILES string of the molecule is CCCCc1nc(Br)c(Br)n1Cc1ccc(Cn2cccc2-c2nnn[nH]2)cc1. The van der Waals surface area contributed by atoms with Gasteiger partial charge in [-0.1, -0.05) is 37.6 Å². The molecule has 0 bridgehead atoms. The smallest absolute Gasteiger partial charge is 0.196 e. The van der Waals surface area contributed by atoms with Gasteiger partial charge in [0.05, 0.1) is 5.69 Å². The lowest BCUT2D eigenvalue weighted by Crippen LogP contribution is -2.06. The molecule has 0 amide bonds. The summed E-state index contributed by atoms with van der Waals surface area (Å²) in [4.78, 5) is 4.66. The summed E-state index contributed by atoms with van der Waals surface area (Å²) in [6.07, 6.45) is 5.30. The molecular weight excluding hydrogens is 498 g/mol. The van der Waals surface area contributed by atoms with Crippen molar-refractivity contribution in [3.05, 3.63) is 68.8 Å². The number of halogens is 2. The zero-order valence-corrected chi connectivity index (χ0v) is 19.2. The summed E-state index contributed by atoms with van der Waals surface area (Å²) in [7, 11) is 0. The molecule has 0 saturated carbocycles. The average molecular weight is 519 g/mol. The van der Waals surface area contributed by atoms with Crippen molar-refractivity contribution in [2.45, 2.75) is 39.3 Å². The number of benzene rings is 1. The quantitative estimate of drug-likeness (QED) is 0.362. The Morgan fingerprint density at radius 2 is 1.79 bits per heavy atom. The predicted octanol–water partition coefficient (Wildman–Crippen LogP) is 4.83. The third-order valence-corrected chi connectivity index (χ3v) is 6.72. The van der Waals surface area contributed by atoms with E-state index in [4.69, 9.17) is 0 Å². The standard InChI is InChI=1S/C20H21Br2N7/c1-2-3-6-17-23-18(21)19(22)29(17)13-15-9-7-14(8-10-15)12-28-11-4-5-16(28)20-24-26-27-25-20/h4-5,7-11H,2-3,6,12-13H2,1H3,(H,24,25,26,27). The van der Waals surface area contributed by atoms with E-state index >= 15 is 0 Å². The fourth-order valence-corrected chi connectivity index (χ4v) is 4.13. The van der Waals surface area contributed by atoms with E-state index in [0.29, 0.717) is 5.82 Å². The molecule has 4 rings (SSSR count). The summed E-state index contributed by atoms with van der Waals surface area (Å²) >= 11 is 7.20. The molecule has 0 spiro atoms. The predicted molar refractivity (Wildman–Crippen MR) is 118 cm³/mol. The first kappa shape index (κ1) is 20.0. The topological polar surface area (TPSA) is 77.2 Å². The van der Waals surface area contributed by atoms with Crippen molar-refractivity contribution in [2.75, 3.05) is 0 Å². The van der Waals surface area contributed by atoms with Gasteiger partial charge >= 0.3 is 0 Å². The molecule has 0 aliphatic carbocycles. The second-order valence-corrected chi connectivity index (χ2v) is 8.39. The summed E-state index contributed by atoms with van der Waals surface area (Å²) < 4.78 is 6.21. The molecule has 0 radical (unpaired) electrons. The third kappa shape index (κ3) is 4.51. The Morgan fingerprint density at radius 1 is 1.03 bits per heavy atom. The minimum atomic E-state index is 0.668. The van der Waals surface area contributed by atoms with Crippen molar-refractivity contribution in [3.8, 4) is 11.5 Å². The first-order valence-corrected chi connectivity index (χ1v) is 11.1.